The first-order valence-electron chi connectivity index (χ1n) is 29.7. The molecule has 0 spiro atoms. The number of alkyl halides is 1. The van der Waals surface area contributed by atoms with Crippen molar-refractivity contribution >= 4 is 80.0 Å². The van der Waals surface area contributed by atoms with Gasteiger partial charge in [0.15, 0.2) is 34.6 Å². The van der Waals surface area contributed by atoms with Gasteiger partial charge in [0.05, 0.1) is 82.1 Å². The number of carbonyl (C=O) groups is 4. The van der Waals surface area contributed by atoms with Crippen LogP contribution in [-0.2, 0) is 28.7 Å². The van der Waals surface area contributed by atoms with Crippen molar-refractivity contribution in [1.29, 1.82) is 0 Å². The van der Waals surface area contributed by atoms with Crippen LogP contribution in [0.2, 0.25) is 0 Å². The van der Waals surface area contributed by atoms with Crippen LogP contribution in [0, 0.1) is 34.1 Å². The maximum absolute atomic E-state index is 15.2. The van der Waals surface area contributed by atoms with Gasteiger partial charge in [-0.05, 0) is 93.6 Å². The van der Waals surface area contributed by atoms with Crippen molar-refractivity contribution in [3.63, 3.8) is 0 Å². The number of methoxy groups -OCH3 is 2. The molecule has 2 saturated carbocycles. The van der Waals surface area contributed by atoms with Crippen molar-refractivity contribution in [2.75, 3.05) is 114 Å². The monoisotopic (exact) mass is 1470 g/mol. The summed E-state index contributed by atoms with van der Waals surface area (Å²) >= 11 is 5.56. The zero-order chi connectivity index (χ0) is 65.5. The van der Waals surface area contributed by atoms with Crippen LogP contribution in [-0.4, -0.2) is 161 Å². The molecule has 0 bridgehead atoms. The second-order valence-electron chi connectivity index (χ2n) is 21.7. The molecule has 0 radical (unpaired) electrons. The van der Waals surface area contributed by atoms with Gasteiger partial charge in [0.25, 0.3) is 23.5 Å². The van der Waals surface area contributed by atoms with E-state index in [1.54, 1.807) is 6.07 Å². The van der Waals surface area contributed by atoms with E-state index in [4.69, 9.17) is 44.8 Å². The topological polar surface area (TPSA) is 285 Å². The molecule has 2 aliphatic carbocycles. The van der Waals surface area contributed by atoms with Gasteiger partial charge >= 0.3 is 51.4 Å². The van der Waals surface area contributed by atoms with Gasteiger partial charge in [-0.2, -0.15) is 0 Å². The van der Waals surface area contributed by atoms with Gasteiger partial charge in [0, 0.05) is 98.8 Å². The number of fused-ring (bicyclic) bond motifs is 2. The van der Waals surface area contributed by atoms with E-state index in [0.29, 0.717) is 60.4 Å². The minimum Gasteiger partial charge on any atom is -1.00 e. The number of halogens is 6. The fourth-order valence-corrected chi connectivity index (χ4v) is 9.90. The molecule has 0 unspecified atom stereocenters. The second kappa shape index (κ2) is 34.6. The van der Waals surface area contributed by atoms with Crippen LogP contribution in [0.4, 0.5) is 40.3 Å². The molecule has 2 saturated heterocycles. The molecule has 8 heterocycles. The van der Waals surface area contributed by atoms with Gasteiger partial charge in [0.2, 0.25) is 23.6 Å². The average molecular weight is 1470 g/mol. The molecule has 4 aliphatic rings. The number of amides is 4. The smallest absolute Gasteiger partial charge is 1.00 e. The standard InChI is InChI=1S/C32H32F2N6O6.C25H19F2N5O5.C7H14ClNO.HI.K/c1-43-29-26(45-14-2-11-40-12-15-44-16-13-40)18-24-27(39-29)25(7-10-35-24)46-28-23(34)17-22(19-36-28)38-31(42)32(8-9-32)30(41)37-21-5-3-20(33)4-6-21;1-36-22-18(33)11-17-20(32-22)19(6-9-28-17)37-21-16(27)10-15(12-29-21)31-24(35)25(7-8-25)23(34)30-14-4-2-13(26)3-5-14;8-2-1-3-9-4-6-10-7-5-9;;/h3-7,10,17-19H,2,8-9,11-16H2,1H3,(H,37,41)(H,38,42);2-6,9-12,33H,7-8H2,1H3,(H,30,34)(H,31,35);1-7H2;1H;/q;;;;+1/p-1. The van der Waals surface area contributed by atoms with Crippen LogP contribution in [0.1, 0.15) is 38.5 Å². The Balaban J connectivity index is 0.000000211. The van der Waals surface area contributed by atoms with E-state index in [1.165, 1.54) is 106 Å². The van der Waals surface area contributed by atoms with Crippen molar-refractivity contribution < 1.29 is 150 Å². The van der Waals surface area contributed by atoms with Crippen LogP contribution >= 0.6 is 11.6 Å². The van der Waals surface area contributed by atoms with E-state index < -0.39 is 63.6 Å². The fraction of sp³-hybridized carbons (Fsp3) is 0.344. The van der Waals surface area contributed by atoms with E-state index in [1.807, 2.05) is 0 Å². The van der Waals surface area contributed by atoms with E-state index in [-0.39, 0.29) is 133 Å². The molecule has 0 atom stereocenters. The molecule has 5 N–H and O–H groups in total. The van der Waals surface area contributed by atoms with Crippen molar-refractivity contribution in [2.24, 2.45) is 10.8 Å². The van der Waals surface area contributed by atoms with Gasteiger partial charge in [-0.1, -0.05) is 0 Å². The summed E-state index contributed by atoms with van der Waals surface area (Å²) in [5, 5.41) is 20.2. The summed E-state index contributed by atoms with van der Waals surface area (Å²) in [7, 11) is 2.80. The van der Waals surface area contributed by atoms with Crippen molar-refractivity contribution in [1.82, 2.24) is 39.7 Å². The number of benzene rings is 2. The van der Waals surface area contributed by atoms with Crippen LogP contribution < -0.4 is 120 Å². The number of pyridine rings is 6. The summed E-state index contributed by atoms with van der Waals surface area (Å²) in [6, 6.07) is 18.4. The fourth-order valence-electron chi connectivity index (χ4n) is 9.78. The molecule has 95 heavy (non-hydrogen) atoms. The Morgan fingerprint density at radius 2 is 0.958 bits per heavy atom. The average Bonchev–Trinajstić information content (AvgIpc) is 1.67. The summed E-state index contributed by atoms with van der Waals surface area (Å²) in [6.45, 7) is 9.69. The predicted molar refractivity (Wildman–Crippen MR) is 333 cm³/mol. The number of aromatic hydroxyl groups is 1. The number of hydrogen-bond acceptors (Lipinski definition) is 20. The van der Waals surface area contributed by atoms with Gasteiger partial charge in [-0.25, -0.2) is 37.5 Å². The molecule has 496 valence electrons. The van der Waals surface area contributed by atoms with Crippen LogP contribution in [0.3, 0.4) is 0 Å². The van der Waals surface area contributed by atoms with E-state index in [9.17, 15) is 37.5 Å². The summed E-state index contributed by atoms with van der Waals surface area (Å²) in [5.74, 6) is -4.23. The Morgan fingerprint density at radius 1 is 0.547 bits per heavy atom. The Labute approximate surface area is 607 Å². The third-order valence-corrected chi connectivity index (χ3v) is 15.6. The minimum absolute atomic E-state index is 0. The molecule has 6 aromatic heterocycles. The van der Waals surface area contributed by atoms with E-state index >= 15 is 4.39 Å². The number of aromatic nitrogens is 6. The number of rotatable bonds is 22. The zero-order valence-electron chi connectivity index (χ0n) is 51.9. The Hall–Kier alpha value is -7.24. The Morgan fingerprint density at radius 3 is 1.37 bits per heavy atom. The van der Waals surface area contributed by atoms with Crippen LogP contribution in [0.15, 0.2) is 110 Å². The van der Waals surface area contributed by atoms with Gasteiger partial charge < -0.3 is 83.5 Å². The van der Waals surface area contributed by atoms with Crippen molar-refractivity contribution in [3.05, 3.63) is 133 Å². The van der Waals surface area contributed by atoms with Crippen molar-refractivity contribution in [2.45, 2.75) is 38.5 Å². The summed E-state index contributed by atoms with van der Waals surface area (Å²) in [5.41, 5.74) is -0.596. The molecule has 4 amide bonds. The van der Waals surface area contributed by atoms with Gasteiger partial charge in [-0.15, -0.1) is 11.6 Å². The SMILES string of the molecule is COc1nc2c(Oc3ncc(NC(=O)C4(C(=O)Nc5ccc(F)cc5)CC4)cc3F)ccnc2cc1O.COc1nc2c(Oc3ncc(NC(=O)C4(C(=O)Nc5ccc(F)cc5)CC4)cc3F)ccnc2cc1OCCCN1CCOCC1.ClCCCN1CCOCC1.[I-].[K+]. The summed E-state index contributed by atoms with van der Waals surface area (Å²) in [4.78, 5) is 81.2. The molecule has 4 fully saturated rings. The normalized spacial score (nSPS) is 15.1. The first kappa shape index (κ1) is 73.6. The quantitative estimate of drug-likeness (QED) is 0.0162. The molecule has 2 aliphatic heterocycles. The number of ether oxygens (including phenoxy) is 7. The molecule has 8 aromatic rings. The van der Waals surface area contributed by atoms with Gasteiger partial charge in [-0.3, -0.25) is 38.9 Å². The van der Waals surface area contributed by atoms with Gasteiger partial charge in [0.1, 0.15) is 33.5 Å². The number of nitrogens with one attached hydrogen (secondary N) is 4. The summed E-state index contributed by atoms with van der Waals surface area (Å²) in [6.07, 6.45) is 8.46. The molecule has 31 heteroatoms. The number of nitrogens with zero attached hydrogens (tertiary/aromatic N) is 8. The molecule has 2 aromatic carbocycles. The number of carbonyl (C=O) groups excluding carboxylic acids is 4. The summed E-state index contributed by atoms with van der Waals surface area (Å²) < 4.78 is 94.6. The number of morpholine rings is 2. The van der Waals surface area contributed by atoms with E-state index in [2.05, 4.69) is 61.0 Å². The molecular weight excluding hydrogens is 1410 g/mol. The van der Waals surface area contributed by atoms with Crippen molar-refractivity contribution in [3.8, 4) is 46.5 Å². The zero-order valence-corrected chi connectivity index (χ0v) is 57.9. The Bertz CT molecular complexity index is 3980. The third kappa shape index (κ3) is 19.3. The molecule has 12 rings (SSSR count). The Kier molecular flexibility index (Phi) is 26.8. The first-order valence-corrected chi connectivity index (χ1v) is 30.2. The second-order valence-corrected chi connectivity index (χ2v) is 22.1. The number of anilines is 4. The molecule has 24 nitrogen and oxygen atoms in total. The largest absolute Gasteiger partial charge is 1.00 e. The van der Waals surface area contributed by atoms with Crippen LogP contribution in [0.5, 0.6) is 46.5 Å². The minimum atomic E-state index is -1.31. The first-order chi connectivity index (χ1) is 45.1. The maximum Gasteiger partial charge on any atom is 1.00 e. The maximum atomic E-state index is 15.2. The predicted octanol–water partition coefficient (Wildman–Crippen LogP) is 3.68. The van der Waals surface area contributed by atoms with E-state index in [0.717, 1.165) is 96.6 Å². The number of hydrogen-bond donors (Lipinski definition) is 5. The third-order valence-electron chi connectivity index (χ3n) is 15.3. The van der Waals surface area contributed by atoms with Crippen LogP contribution in [0.25, 0.3) is 22.1 Å². The molecular formula is C64H65ClF4IKN12O12.